The standard InChI is InChI=1S/C16H23BrN2O2/c1-12(2)16(21)19-14-8-6-13(7-9-14)11-18-15(20)5-3-4-10-17/h6-9,12H,3-5,10-11H2,1-2H3,(H,18,20)(H,19,21). The number of alkyl halides is 1. The lowest BCUT2D eigenvalue weighted by Crippen LogP contribution is -2.22. The molecule has 0 heterocycles. The molecule has 0 saturated carbocycles. The van der Waals surface area contributed by atoms with Gasteiger partial charge in [0.2, 0.25) is 11.8 Å². The van der Waals surface area contributed by atoms with Crippen LogP contribution in [0.25, 0.3) is 0 Å². The second-order valence-electron chi connectivity index (χ2n) is 5.26. The summed E-state index contributed by atoms with van der Waals surface area (Å²) in [6, 6.07) is 7.53. The third-order valence-electron chi connectivity index (χ3n) is 3.02. The highest BCUT2D eigenvalue weighted by molar-refractivity contribution is 9.09. The van der Waals surface area contributed by atoms with Gasteiger partial charge in [0.05, 0.1) is 0 Å². The van der Waals surface area contributed by atoms with Crippen molar-refractivity contribution < 1.29 is 9.59 Å². The molecule has 2 N–H and O–H groups in total. The Morgan fingerprint density at radius 2 is 1.81 bits per heavy atom. The van der Waals surface area contributed by atoms with Gasteiger partial charge in [-0.1, -0.05) is 41.9 Å². The summed E-state index contributed by atoms with van der Waals surface area (Å²) in [5, 5.41) is 6.67. The predicted molar refractivity (Wildman–Crippen MR) is 89.4 cm³/mol. The van der Waals surface area contributed by atoms with Crippen LogP contribution in [-0.2, 0) is 16.1 Å². The number of carbonyl (C=O) groups is 2. The average Bonchev–Trinajstić information content (AvgIpc) is 2.46. The van der Waals surface area contributed by atoms with Crippen LogP contribution < -0.4 is 10.6 Å². The van der Waals surface area contributed by atoms with Crippen molar-refractivity contribution in [2.45, 2.75) is 39.7 Å². The van der Waals surface area contributed by atoms with Crippen LogP contribution in [-0.4, -0.2) is 17.1 Å². The summed E-state index contributed by atoms with van der Waals surface area (Å²) < 4.78 is 0. The first kappa shape index (κ1) is 17.7. The van der Waals surface area contributed by atoms with E-state index in [1.807, 2.05) is 38.1 Å². The molecule has 0 atom stereocenters. The van der Waals surface area contributed by atoms with Crippen molar-refractivity contribution in [3.05, 3.63) is 29.8 Å². The van der Waals surface area contributed by atoms with Gasteiger partial charge in [0.25, 0.3) is 0 Å². The van der Waals surface area contributed by atoms with Gasteiger partial charge in [0.15, 0.2) is 0 Å². The van der Waals surface area contributed by atoms with Crippen LogP contribution in [0.5, 0.6) is 0 Å². The summed E-state index contributed by atoms with van der Waals surface area (Å²) in [6.07, 6.45) is 2.48. The molecule has 0 spiro atoms. The van der Waals surface area contributed by atoms with Crippen molar-refractivity contribution in [2.24, 2.45) is 5.92 Å². The summed E-state index contributed by atoms with van der Waals surface area (Å²) in [5.41, 5.74) is 1.80. The summed E-state index contributed by atoms with van der Waals surface area (Å²) in [7, 11) is 0. The molecule has 0 radical (unpaired) electrons. The zero-order valence-electron chi connectivity index (χ0n) is 12.6. The van der Waals surface area contributed by atoms with E-state index in [1.165, 1.54) is 0 Å². The van der Waals surface area contributed by atoms with Crippen LogP contribution in [0.4, 0.5) is 5.69 Å². The van der Waals surface area contributed by atoms with E-state index in [4.69, 9.17) is 0 Å². The number of hydrogen-bond acceptors (Lipinski definition) is 2. The maximum atomic E-state index is 11.6. The minimum absolute atomic E-state index is 0.00263. The number of hydrogen-bond donors (Lipinski definition) is 2. The molecule has 0 saturated heterocycles. The van der Waals surface area contributed by atoms with Crippen molar-refractivity contribution in [1.29, 1.82) is 0 Å². The first-order valence-corrected chi connectivity index (χ1v) is 8.37. The lowest BCUT2D eigenvalue weighted by molar-refractivity contribution is -0.121. The number of benzene rings is 1. The molecule has 2 amide bonds. The van der Waals surface area contributed by atoms with Gasteiger partial charge in [0.1, 0.15) is 0 Å². The Bertz CT molecular complexity index is 458. The number of nitrogens with one attached hydrogen (secondary N) is 2. The highest BCUT2D eigenvalue weighted by atomic mass is 79.9. The number of amides is 2. The SMILES string of the molecule is CC(C)C(=O)Nc1ccc(CNC(=O)CCCCBr)cc1. The molecular formula is C16H23BrN2O2. The maximum absolute atomic E-state index is 11.6. The second kappa shape index (κ2) is 9.55. The van der Waals surface area contributed by atoms with Gasteiger partial charge >= 0.3 is 0 Å². The van der Waals surface area contributed by atoms with E-state index in [0.29, 0.717) is 13.0 Å². The van der Waals surface area contributed by atoms with Crippen molar-refractivity contribution in [3.63, 3.8) is 0 Å². The number of carbonyl (C=O) groups excluding carboxylic acids is 2. The van der Waals surface area contributed by atoms with E-state index in [0.717, 1.165) is 29.4 Å². The number of unbranched alkanes of at least 4 members (excludes halogenated alkanes) is 1. The monoisotopic (exact) mass is 354 g/mol. The summed E-state index contributed by atoms with van der Waals surface area (Å²) in [5.74, 6) is 0.0412. The fourth-order valence-electron chi connectivity index (χ4n) is 1.66. The van der Waals surface area contributed by atoms with Crippen LogP contribution in [0.1, 0.15) is 38.7 Å². The first-order chi connectivity index (χ1) is 10.0. The molecule has 0 bridgehead atoms. The number of halogens is 1. The Hall–Kier alpha value is -1.36. The lowest BCUT2D eigenvalue weighted by Gasteiger charge is -2.09. The summed E-state index contributed by atoms with van der Waals surface area (Å²) in [4.78, 5) is 23.2. The molecule has 21 heavy (non-hydrogen) atoms. The van der Waals surface area contributed by atoms with Crippen LogP contribution in [0.2, 0.25) is 0 Å². The molecule has 0 unspecified atom stereocenters. The van der Waals surface area contributed by atoms with Gasteiger partial charge in [-0.3, -0.25) is 9.59 Å². The van der Waals surface area contributed by atoms with Crippen LogP contribution in [0.3, 0.4) is 0 Å². The summed E-state index contributed by atoms with van der Waals surface area (Å²) >= 11 is 3.35. The van der Waals surface area contributed by atoms with Gasteiger partial charge in [0, 0.05) is 29.9 Å². The smallest absolute Gasteiger partial charge is 0.226 e. The Balaban J connectivity index is 2.37. The van der Waals surface area contributed by atoms with Gasteiger partial charge in [-0.15, -0.1) is 0 Å². The zero-order valence-corrected chi connectivity index (χ0v) is 14.2. The highest BCUT2D eigenvalue weighted by Gasteiger charge is 2.07. The minimum atomic E-state index is -0.0384. The predicted octanol–water partition coefficient (Wildman–Crippen LogP) is 3.46. The number of anilines is 1. The molecule has 0 aromatic heterocycles. The van der Waals surface area contributed by atoms with Gasteiger partial charge in [-0.25, -0.2) is 0 Å². The van der Waals surface area contributed by atoms with E-state index in [-0.39, 0.29) is 17.7 Å². The third kappa shape index (κ3) is 7.27. The molecule has 5 heteroatoms. The molecular weight excluding hydrogens is 332 g/mol. The van der Waals surface area contributed by atoms with Crippen molar-refractivity contribution in [1.82, 2.24) is 5.32 Å². The van der Waals surface area contributed by atoms with Gasteiger partial charge < -0.3 is 10.6 Å². The summed E-state index contributed by atoms with van der Waals surface area (Å²) in [6.45, 7) is 4.23. The number of rotatable bonds is 8. The molecule has 0 aliphatic rings. The average molecular weight is 355 g/mol. The topological polar surface area (TPSA) is 58.2 Å². The molecule has 0 aliphatic carbocycles. The minimum Gasteiger partial charge on any atom is -0.352 e. The molecule has 116 valence electrons. The highest BCUT2D eigenvalue weighted by Crippen LogP contribution is 2.11. The van der Waals surface area contributed by atoms with E-state index >= 15 is 0 Å². The lowest BCUT2D eigenvalue weighted by atomic mass is 10.1. The molecule has 0 aliphatic heterocycles. The Morgan fingerprint density at radius 1 is 1.14 bits per heavy atom. The van der Waals surface area contributed by atoms with Gasteiger partial charge in [-0.2, -0.15) is 0 Å². The fraction of sp³-hybridized carbons (Fsp3) is 0.500. The molecule has 0 fully saturated rings. The molecule has 1 aromatic rings. The fourth-order valence-corrected chi connectivity index (χ4v) is 2.06. The quantitative estimate of drug-likeness (QED) is 0.554. The van der Waals surface area contributed by atoms with Crippen molar-refractivity contribution in [2.75, 3.05) is 10.6 Å². The normalized spacial score (nSPS) is 10.5. The Labute approximate surface area is 134 Å². The van der Waals surface area contributed by atoms with Gasteiger partial charge in [-0.05, 0) is 30.5 Å². The van der Waals surface area contributed by atoms with Crippen molar-refractivity contribution in [3.8, 4) is 0 Å². The Kier molecular flexibility index (Phi) is 8.05. The zero-order chi connectivity index (χ0) is 15.7. The van der Waals surface area contributed by atoms with Crippen molar-refractivity contribution >= 4 is 33.4 Å². The molecule has 4 nitrogen and oxygen atoms in total. The molecule has 1 aromatic carbocycles. The maximum Gasteiger partial charge on any atom is 0.226 e. The van der Waals surface area contributed by atoms with Crippen LogP contribution >= 0.6 is 15.9 Å². The van der Waals surface area contributed by atoms with E-state index in [9.17, 15) is 9.59 Å². The second-order valence-corrected chi connectivity index (χ2v) is 6.06. The molecule has 1 rings (SSSR count). The third-order valence-corrected chi connectivity index (χ3v) is 3.58. The van der Waals surface area contributed by atoms with E-state index in [2.05, 4.69) is 26.6 Å². The largest absolute Gasteiger partial charge is 0.352 e. The van der Waals surface area contributed by atoms with E-state index in [1.54, 1.807) is 0 Å². The van der Waals surface area contributed by atoms with Crippen LogP contribution in [0, 0.1) is 5.92 Å². The first-order valence-electron chi connectivity index (χ1n) is 7.25. The Morgan fingerprint density at radius 3 is 2.38 bits per heavy atom. The van der Waals surface area contributed by atoms with Crippen LogP contribution in [0.15, 0.2) is 24.3 Å². The van der Waals surface area contributed by atoms with E-state index < -0.39 is 0 Å².